The molecule has 0 aromatic carbocycles. The van der Waals surface area contributed by atoms with E-state index in [4.69, 9.17) is 37.0 Å². The summed E-state index contributed by atoms with van der Waals surface area (Å²) in [7, 11) is -9.89. The van der Waals surface area contributed by atoms with Crippen LogP contribution in [0.4, 0.5) is 0 Å². The summed E-state index contributed by atoms with van der Waals surface area (Å²) in [5, 5.41) is 10.6. The molecular weight excluding hydrogens is 1140 g/mol. The highest BCUT2D eigenvalue weighted by atomic mass is 31.2. The highest BCUT2D eigenvalue weighted by molar-refractivity contribution is 7.47. The summed E-state index contributed by atoms with van der Waals surface area (Å²) in [5.74, 6) is -0.661. The molecule has 0 aliphatic carbocycles. The van der Waals surface area contributed by atoms with E-state index in [-0.39, 0.29) is 25.7 Å². The lowest BCUT2D eigenvalue weighted by atomic mass is 10.00. The van der Waals surface area contributed by atoms with Gasteiger partial charge in [-0.15, -0.1) is 0 Å². The number of aliphatic hydroxyl groups is 1. The number of phosphoric ester groups is 2. The van der Waals surface area contributed by atoms with E-state index < -0.39 is 97.5 Å². The Morgan fingerprint density at radius 2 is 0.593 bits per heavy atom. The minimum Gasteiger partial charge on any atom is -0.462 e. The first-order valence-corrected chi connectivity index (χ1v) is 38.0. The number of aliphatic hydroxyl groups excluding tert-OH is 1. The molecule has 0 aromatic heterocycles. The highest BCUT2D eigenvalue weighted by Crippen LogP contribution is 2.45. The second-order valence-electron chi connectivity index (χ2n) is 24.9. The van der Waals surface area contributed by atoms with Gasteiger partial charge in [-0.3, -0.25) is 37.3 Å². The third kappa shape index (κ3) is 59.7. The van der Waals surface area contributed by atoms with Crippen molar-refractivity contribution in [3.05, 3.63) is 0 Å². The topological polar surface area (TPSA) is 237 Å². The molecule has 0 rings (SSSR count). The van der Waals surface area contributed by atoms with Gasteiger partial charge in [0, 0.05) is 25.7 Å². The lowest BCUT2D eigenvalue weighted by Gasteiger charge is -2.21. The molecule has 19 heteroatoms. The Balaban J connectivity index is 5.26. The van der Waals surface area contributed by atoms with Gasteiger partial charge in [0.25, 0.3) is 0 Å². The average Bonchev–Trinajstić information content (AvgIpc) is 3.63. The molecule has 0 spiro atoms. The van der Waals surface area contributed by atoms with Crippen LogP contribution in [0.3, 0.4) is 0 Å². The fraction of sp³-hybridized carbons (Fsp3) is 0.940. The number of carbonyl (C=O) groups is 4. The second kappa shape index (κ2) is 59.4. The van der Waals surface area contributed by atoms with E-state index in [0.29, 0.717) is 25.7 Å². The molecule has 6 atom stereocenters. The van der Waals surface area contributed by atoms with E-state index in [0.717, 1.165) is 108 Å². The van der Waals surface area contributed by atoms with Gasteiger partial charge >= 0.3 is 39.5 Å². The Bertz CT molecular complexity index is 1690. The van der Waals surface area contributed by atoms with E-state index in [2.05, 4.69) is 41.5 Å². The van der Waals surface area contributed by atoms with Crippen LogP contribution in [0.1, 0.15) is 337 Å². The molecule has 86 heavy (non-hydrogen) atoms. The number of hydrogen-bond acceptors (Lipinski definition) is 15. The third-order valence-electron chi connectivity index (χ3n) is 15.8. The van der Waals surface area contributed by atoms with E-state index in [9.17, 15) is 43.2 Å². The molecule has 0 saturated carbocycles. The summed E-state index contributed by atoms with van der Waals surface area (Å²) >= 11 is 0. The molecule has 0 saturated heterocycles. The normalized spacial score (nSPS) is 14.5. The SMILES string of the molecule is CCCCCCCCCCCCCCC(=O)OC[C@H](COP(=O)(O)OC[C@@H](O)COP(=O)(O)OC[C@@H](COC(=O)CCCCCCCCC(C)CC)OC(=O)CCCCCCCCCCCCCC)OC(=O)CCCCCCCCCCCC(C)C. The van der Waals surface area contributed by atoms with Gasteiger partial charge in [-0.25, -0.2) is 9.13 Å². The molecular formula is C67H130O17P2. The second-order valence-corrected chi connectivity index (χ2v) is 27.8. The number of esters is 4. The Morgan fingerprint density at radius 3 is 0.884 bits per heavy atom. The zero-order valence-corrected chi connectivity index (χ0v) is 57.4. The van der Waals surface area contributed by atoms with Crippen molar-refractivity contribution in [1.29, 1.82) is 0 Å². The number of carbonyl (C=O) groups excluding carboxylic acids is 4. The van der Waals surface area contributed by atoms with Gasteiger partial charge in [-0.1, -0.05) is 286 Å². The maximum absolute atomic E-state index is 13.0. The minimum absolute atomic E-state index is 0.105. The molecule has 0 fully saturated rings. The molecule has 3 unspecified atom stereocenters. The maximum atomic E-state index is 13.0. The molecule has 0 amide bonds. The lowest BCUT2D eigenvalue weighted by Crippen LogP contribution is -2.30. The van der Waals surface area contributed by atoms with Crippen LogP contribution in [-0.2, 0) is 65.4 Å². The van der Waals surface area contributed by atoms with E-state index in [1.165, 1.54) is 148 Å². The lowest BCUT2D eigenvalue weighted by molar-refractivity contribution is -0.161. The summed E-state index contributed by atoms with van der Waals surface area (Å²) in [6.07, 6.45) is 43.0. The van der Waals surface area contributed by atoms with Crippen LogP contribution in [0.5, 0.6) is 0 Å². The molecule has 17 nitrogen and oxygen atoms in total. The van der Waals surface area contributed by atoms with Gasteiger partial charge in [0.15, 0.2) is 12.2 Å². The number of rotatable bonds is 66. The molecule has 0 aliphatic heterocycles. The maximum Gasteiger partial charge on any atom is 0.472 e. The quantitative estimate of drug-likeness (QED) is 0.0222. The molecule has 0 bridgehead atoms. The van der Waals surface area contributed by atoms with Gasteiger partial charge in [-0.05, 0) is 37.5 Å². The van der Waals surface area contributed by atoms with Crippen LogP contribution >= 0.6 is 15.6 Å². The van der Waals surface area contributed by atoms with Gasteiger partial charge < -0.3 is 33.8 Å². The van der Waals surface area contributed by atoms with Crippen molar-refractivity contribution in [2.75, 3.05) is 39.6 Å². The van der Waals surface area contributed by atoms with Crippen LogP contribution in [0, 0.1) is 11.8 Å². The Hall–Kier alpha value is -1.94. The summed E-state index contributed by atoms with van der Waals surface area (Å²) in [4.78, 5) is 72.4. The van der Waals surface area contributed by atoms with E-state index >= 15 is 0 Å². The van der Waals surface area contributed by atoms with Crippen molar-refractivity contribution in [1.82, 2.24) is 0 Å². The van der Waals surface area contributed by atoms with Crippen molar-refractivity contribution >= 4 is 39.5 Å². The Labute approximate surface area is 524 Å². The van der Waals surface area contributed by atoms with Crippen molar-refractivity contribution in [3.8, 4) is 0 Å². The summed E-state index contributed by atoms with van der Waals surface area (Å²) in [6.45, 7) is 9.46. The summed E-state index contributed by atoms with van der Waals surface area (Å²) < 4.78 is 68.1. The first kappa shape index (κ1) is 84.1. The zero-order valence-electron chi connectivity index (χ0n) is 55.6. The first-order chi connectivity index (χ1) is 41.4. The van der Waals surface area contributed by atoms with E-state index in [1.54, 1.807) is 0 Å². The Kier molecular flexibility index (Phi) is 58.0. The van der Waals surface area contributed by atoms with Crippen LogP contribution in [0.15, 0.2) is 0 Å². The standard InChI is InChI=1S/C67H130O17P2/c1-7-10-12-14-16-18-20-22-26-30-37-43-49-64(69)77-55-62(83-67(72)52-46-40-32-28-24-25-29-35-41-47-59(4)5)57-81-85(73,74)79-53-61(68)54-80-86(75,76)82-58-63(56-78-65(70)50-44-38-34-33-36-42-48-60(6)9-3)84-66(71)51-45-39-31-27-23-21-19-17-15-13-11-8-2/h59-63,68H,7-58H2,1-6H3,(H,73,74)(H,75,76)/t60?,61-,62-,63-/m1/s1. The van der Waals surface area contributed by atoms with Gasteiger partial charge in [0.05, 0.1) is 26.4 Å². The van der Waals surface area contributed by atoms with Crippen molar-refractivity contribution < 1.29 is 80.2 Å². The van der Waals surface area contributed by atoms with Crippen molar-refractivity contribution in [3.63, 3.8) is 0 Å². The highest BCUT2D eigenvalue weighted by Gasteiger charge is 2.30. The third-order valence-corrected chi connectivity index (χ3v) is 17.7. The molecule has 0 aromatic rings. The van der Waals surface area contributed by atoms with Crippen LogP contribution < -0.4 is 0 Å². The summed E-state index contributed by atoms with van der Waals surface area (Å²) in [6, 6.07) is 0. The van der Waals surface area contributed by atoms with Crippen molar-refractivity contribution in [2.45, 2.75) is 355 Å². The smallest absolute Gasteiger partial charge is 0.462 e. The van der Waals surface area contributed by atoms with Gasteiger partial charge in [0.2, 0.25) is 0 Å². The van der Waals surface area contributed by atoms with Gasteiger partial charge in [-0.2, -0.15) is 0 Å². The Morgan fingerprint density at radius 1 is 0.337 bits per heavy atom. The van der Waals surface area contributed by atoms with E-state index in [1.807, 2.05) is 0 Å². The fourth-order valence-electron chi connectivity index (χ4n) is 10.0. The monoisotopic (exact) mass is 1270 g/mol. The molecule has 0 heterocycles. The molecule has 510 valence electrons. The van der Waals surface area contributed by atoms with Crippen molar-refractivity contribution in [2.24, 2.45) is 11.8 Å². The molecule has 0 aliphatic rings. The number of phosphoric acid groups is 2. The molecule has 0 radical (unpaired) electrons. The molecule has 3 N–H and O–H groups in total. The zero-order chi connectivity index (χ0) is 63.6. The average molecular weight is 1270 g/mol. The summed E-state index contributed by atoms with van der Waals surface area (Å²) in [5.41, 5.74) is 0. The predicted molar refractivity (Wildman–Crippen MR) is 345 cm³/mol. The number of unbranched alkanes of at least 4 members (excludes halogenated alkanes) is 35. The number of ether oxygens (including phenoxy) is 4. The van der Waals surface area contributed by atoms with Crippen LogP contribution in [0.2, 0.25) is 0 Å². The minimum atomic E-state index is -4.95. The first-order valence-electron chi connectivity index (χ1n) is 35.0. The predicted octanol–water partition coefficient (Wildman–Crippen LogP) is 18.8. The van der Waals surface area contributed by atoms with Gasteiger partial charge in [0.1, 0.15) is 19.3 Å². The van der Waals surface area contributed by atoms with Crippen LogP contribution in [-0.4, -0.2) is 96.7 Å². The fourth-order valence-corrected chi connectivity index (χ4v) is 11.6. The van der Waals surface area contributed by atoms with Crippen LogP contribution in [0.25, 0.3) is 0 Å². The largest absolute Gasteiger partial charge is 0.472 e. The number of hydrogen-bond donors (Lipinski definition) is 3.